The van der Waals surface area contributed by atoms with E-state index in [1.165, 1.54) is 5.56 Å². The molecule has 1 aromatic carbocycles. The SMILES string of the molecule is CCOCOC[C@@H]1C[C@@H](OCc2ccccc2)CN1B(C)O. The minimum Gasteiger partial charge on any atom is -0.437 e. The van der Waals surface area contributed by atoms with Crippen molar-refractivity contribution < 1.29 is 19.2 Å². The molecule has 0 bridgehead atoms. The minimum absolute atomic E-state index is 0.121. The molecule has 1 fully saturated rings. The normalized spacial score (nSPS) is 22.1. The average molecular weight is 307 g/mol. The highest BCUT2D eigenvalue weighted by atomic mass is 16.7. The van der Waals surface area contributed by atoms with Crippen molar-refractivity contribution in [3.8, 4) is 0 Å². The number of hydrogen-bond donors (Lipinski definition) is 1. The van der Waals surface area contributed by atoms with E-state index in [9.17, 15) is 5.02 Å². The molecule has 1 saturated heterocycles. The molecule has 0 aromatic heterocycles. The van der Waals surface area contributed by atoms with E-state index >= 15 is 0 Å². The summed E-state index contributed by atoms with van der Waals surface area (Å²) in [5.74, 6) is 0. The van der Waals surface area contributed by atoms with E-state index < -0.39 is 7.05 Å². The summed E-state index contributed by atoms with van der Waals surface area (Å²) in [6.07, 6.45) is 0.986. The van der Waals surface area contributed by atoms with E-state index in [1.807, 2.05) is 29.9 Å². The van der Waals surface area contributed by atoms with Crippen LogP contribution < -0.4 is 0 Å². The van der Waals surface area contributed by atoms with Crippen molar-refractivity contribution in [1.29, 1.82) is 0 Å². The highest BCUT2D eigenvalue weighted by molar-refractivity contribution is 6.45. The van der Waals surface area contributed by atoms with E-state index in [2.05, 4.69) is 12.1 Å². The Labute approximate surface area is 133 Å². The van der Waals surface area contributed by atoms with Gasteiger partial charge in [-0.15, -0.1) is 0 Å². The molecule has 0 unspecified atom stereocenters. The zero-order valence-electron chi connectivity index (χ0n) is 13.5. The average Bonchev–Trinajstić information content (AvgIpc) is 2.94. The maximum Gasteiger partial charge on any atom is 0.376 e. The van der Waals surface area contributed by atoms with E-state index in [4.69, 9.17) is 14.2 Å². The molecule has 1 N–H and O–H groups in total. The molecule has 2 atom stereocenters. The molecule has 22 heavy (non-hydrogen) atoms. The quantitative estimate of drug-likeness (QED) is 0.428. The molecule has 0 radical (unpaired) electrons. The molecule has 1 aliphatic heterocycles. The van der Waals surface area contributed by atoms with Crippen molar-refractivity contribution in [2.45, 2.75) is 38.9 Å². The first kappa shape index (κ1) is 17.4. The predicted molar refractivity (Wildman–Crippen MR) is 86.4 cm³/mol. The first-order chi connectivity index (χ1) is 10.7. The molecule has 5 nitrogen and oxygen atoms in total. The number of hydrogen-bond acceptors (Lipinski definition) is 5. The van der Waals surface area contributed by atoms with Gasteiger partial charge in [0.05, 0.1) is 19.3 Å². The summed E-state index contributed by atoms with van der Waals surface area (Å²) >= 11 is 0. The van der Waals surface area contributed by atoms with Crippen molar-refractivity contribution >= 4 is 7.05 Å². The van der Waals surface area contributed by atoms with Crippen LogP contribution in [0, 0.1) is 0 Å². The standard InChI is InChI=1S/C16H26BNO4/c1-3-20-13-21-12-15-9-16(10-18(15)17(2)19)22-11-14-7-5-4-6-8-14/h4-8,15-16,19H,3,9-13H2,1-2H3/t15-,16+/m0/s1. The molecular weight excluding hydrogens is 281 g/mol. The highest BCUT2D eigenvalue weighted by Crippen LogP contribution is 2.22. The van der Waals surface area contributed by atoms with Crippen LogP contribution in [0.4, 0.5) is 0 Å². The van der Waals surface area contributed by atoms with Gasteiger partial charge in [-0.25, -0.2) is 0 Å². The summed E-state index contributed by atoms with van der Waals surface area (Å²) in [6.45, 7) is 6.56. The molecule has 1 aromatic rings. The maximum atomic E-state index is 9.91. The Kier molecular flexibility index (Phi) is 7.35. The summed E-state index contributed by atoms with van der Waals surface area (Å²) in [5.41, 5.74) is 1.17. The van der Waals surface area contributed by atoms with Gasteiger partial charge in [0.25, 0.3) is 0 Å². The lowest BCUT2D eigenvalue weighted by atomic mass is 9.84. The van der Waals surface area contributed by atoms with Crippen molar-refractivity contribution in [2.75, 3.05) is 26.6 Å². The number of rotatable bonds is 9. The largest absolute Gasteiger partial charge is 0.437 e. The van der Waals surface area contributed by atoms with Gasteiger partial charge in [0.1, 0.15) is 6.79 Å². The van der Waals surface area contributed by atoms with Crippen LogP contribution in [0.2, 0.25) is 6.82 Å². The first-order valence-corrected chi connectivity index (χ1v) is 7.95. The molecule has 6 heteroatoms. The smallest absolute Gasteiger partial charge is 0.376 e. The van der Waals surface area contributed by atoms with Crippen LogP contribution in [0.25, 0.3) is 0 Å². The van der Waals surface area contributed by atoms with Gasteiger partial charge < -0.3 is 24.0 Å². The van der Waals surface area contributed by atoms with Crippen molar-refractivity contribution in [2.24, 2.45) is 0 Å². The fourth-order valence-electron chi connectivity index (χ4n) is 2.75. The Morgan fingerprint density at radius 3 is 2.73 bits per heavy atom. The highest BCUT2D eigenvalue weighted by Gasteiger charge is 2.36. The maximum absolute atomic E-state index is 9.91. The molecule has 0 saturated carbocycles. The molecule has 0 amide bonds. The minimum atomic E-state index is -0.494. The Bertz CT molecular complexity index is 418. The molecular formula is C16H26BNO4. The fraction of sp³-hybridized carbons (Fsp3) is 0.625. The Balaban J connectivity index is 1.79. The lowest BCUT2D eigenvalue weighted by Gasteiger charge is -2.24. The van der Waals surface area contributed by atoms with Gasteiger partial charge in [0.15, 0.2) is 0 Å². The zero-order chi connectivity index (χ0) is 15.8. The number of nitrogens with zero attached hydrogens (tertiary/aromatic N) is 1. The second kappa shape index (κ2) is 9.27. The van der Waals surface area contributed by atoms with Crippen LogP contribution in [0.1, 0.15) is 18.9 Å². The summed E-state index contributed by atoms with van der Waals surface area (Å²) in [6, 6.07) is 10.3. The van der Waals surface area contributed by atoms with Crippen LogP contribution in [0.3, 0.4) is 0 Å². The summed E-state index contributed by atoms with van der Waals surface area (Å²) < 4.78 is 16.7. The van der Waals surface area contributed by atoms with Crippen LogP contribution in [-0.4, -0.2) is 55.6 Å². The lowest BCUT2D eigenvalue weighted by molar-refractivity contribution is -0.0599. The van der Waals surface area contributed by atoms with E-state index in [-0.39, 0.29) is 12.1 Å². The lowest BCUT2D eigenvalue weighted by Crippen LogP contribution is -2.43. The monoisotopic (exact) mass is 307 g/mol. The number of ether oxygens (including phenoxy) is 3. The number of benzene rings is 1. The summed E-state index contributed by atoms with van der Waals surface area (Å²) in [5, 5.41) is 9.91. The topological polar surface area (TPSA) is 51.2 Å². The van der Waals surface area contributed by atoms with E-state index in [1.54, 1.807) is 6.82 Å². The second-order valence-corrected chi connectivity index (χ2v) is 5.62. The molecule has 2 rings (SSSR count). The Morgan fingerprint density at radius 1 is 1.27 bits per heavy atom. The van der Waals surface area contributed by atoms with Gasteiger partial charge >= 0.3 is 7.05 Å². The molecule has 0 aliphatic carbocycles. The zero-order valence-corrected chi connectivity index (χ0v) is 13.5. The van der Waals surface area contributed by atoms with Gasteiger partial charge in [-0.3, -0.25) is 0 Å². The Hall–Kier alpha value is -0.915. The van der Waals surface area contributed by atoms with Crippen LogP contribution in [-0.2, 0) is 20.8 Å². The van der Waals surface area contributed by atoms with Crippen LogP contribution >= 0.6 is 0 Å². The van der Waals surface area contributed by atoms with Gasteiger partial charge in [-0.2, -0.15) is 0 Å². The first-order valence-electron chi connectivity index (χ1n) is 7.95. The van der Waals surface area contributed by atoms with Gasteiger partial charge in [-0.1, -0.05) is 30.3 Å². The predicted octanol–water partition coefficient (Wildman–Crippen LogP) is 1.77. The fourth-order valence-corrected chi connectivity index (χ4v) is 2.75. The van der Waals surface area contributed by atoms with E-state index in [0.29, 0.717) is 26.6 Å². The summed E-state index contributed by atoms with van der Waals surface area (Å²) in [4.78, 5) is 2.03. The molecule has 1 aliphatic rings. The van der Waals surface area contributed by atoms with Crippen LogP contribution in [0.15, 0.2) is 30.3 Å². The van der Waals surface area contributed by atoms with E-state index in [0.717, 1.165) is 13.0 Å². The van der Waals surface area contributed by atoms with Crippen LogP contribution in [0.5, 0.6) is 0 Å². The summed E-state index contributed by atoms with van der Waals surface area (Å²) in [7, 11) is -0.494. The third-order valence-corrected chi connectivity index (χ3v) is 3.91. The van der Waals surface area contributed by atoms with Crippen molar-refractivity contribution in [3.63, 3.8) is 0 Å². The van der Waals surface area contributed by atoms with Gasteiger partial charge in [-0.05, 0) is 25.7 Å². The third kappa shape index (κ3) is 5.37. The third-order valence-electron chi connectivity index (χ3n) is 3.91. The van der Waals surface area contributed by atoms with Gasteiger partial charge in [0, 0.05) is 19.2 Å². The molecule has 0 spiro atoms. The Morgan fingerprint density at radius 2 is 2.05 bits per heavy atom. The second-order valence-electron chi connectivity index (χ2n) is 5.62. The molecule has 1 heterocycles. The van der Waals surface area contributed by atoms with Gasteiger partial charge in [0.2, 0.25) is 0 Å². The van der Waals surface area contributed by atoms with Crippen molar-refractivity contribution in [1.82, 2.24) is 4.81 Å². The van der Waals surface area contributed by atoms with Crippen molar-refractivity contribution in [3.05, 3.63) is 35.9 Å². The molecule has 122 valence electrons.